The Morgan fingerprint density at radius 2 is 2.12 bits per heavy atom. The van der Waals surface area contributed by atoms with Gasteiger partial charge >= 0.3 is 0 Å². The number of hydrogen-bond donors (Lipinski definition) is 1. The number of benzene rings is 1. The lowest BCUT2D eigenvalue weighted by Crippen LogP contribution is -2.00. The van der Waals surface area contributed by atoms with E-state index in [9.17, 15) is 0 Å². The summed E-state index contributed by atoms with van der Waals surface area (Å²) in [5, 5.41) is 1.30. The number of terminal acetylenes is 1. The molecule has 0 saturated carbocycles. The molecule has 0 atom stereocenters. The Hall–Kier alpha value is -1.72. The summed E-state index contributed by atoms with van der Waals surface area (Å²) in [4.78, 5) is 0. The fourth-order valence-corrected chi connectivity index (χ4v) is 2.04. The van der Waals surface area contributed by atoms with Gasteiger partial charge in [0.2, 0.25) is 0 Å². The average Bonchev–Trinajstić information content (AvgIpc) is 2.66. The molecule has 2 rings (SSSR count). The van der Waals surface area contributed by atoms with Crippen LogP contribution in [0.5, 0.6) is 0 Å². The van der Waals surface area contributed by atoms with Gasteiger partial charge in [0.15, 0.2) is 0 Å². The molecule has 1 aromatic carbocycles. The first-order valence-electron chi connectivity index (χ1n) is 5.57. The van der Waals surface area contributed by atoms with Crippen LogP contribution in [-0.2, 0) is 13.0 Å². The van der Waals surface area contributed by atoms with Crippen molar-refractivity contribution in [1.82, 2.24) is 4.57 Å². The number of nitrogens with zero attached hydrogens (tertiary/aromatic N) is 1. The summed E-state index contributed by atoms with van der Waals surface area (Å²) < 4.78 is 2.13. The molecule has 82 valence electrons. The molecule has 1 heterocycles. The molecule has 16 heavy (non-hydrogen) atoms. The molecule has 2 heteroatoms. The molecular formula is C14H16N2. The number of rotatable bonds is 4. The van der Waals surface area contributed by atoms with Crippen LogP contribution in [0.15, 0.2) is 30.5 Å². The van der Waals surface area contributed by atoms with Crippen LogP contribution in [0.1, 0.15) is 12.0 Å². The molecule has 0 radical (unpaired) electrons. The average molecular weight is 212 g/mol. The van der Waals surface area contributed by atoms with Crippen molar-refractivity contribution in [3.63, 3.8) is 0 Å². The molecule has 0 aliphatic rings. The van der Waals surface area contributed by atoms with Gasteiger partial charge in [-0.2, -0.15) is 0 Å². The number of aromatic nitrogens is 1. The number of hydrogen-bond acceptors (Lipinski definition) is 1. The maximum Gasteiger partial charge on any atom is 0.0835 e. The van der Waals surface area contributed by atoms with E-state index in [1.54, 1.807) is 0 Å². The van der Waals surface area contributed by atoms with Crippen LogP contribution in [0.2, 0.25) is 0 Å². The third-order valence-electron chi connectivity index (χ3n) is 2.78. The molecule has 0 aliphatic heterocycles. The van der Waals surface area contributed by atoms with E-state index in [1.165, 1.54) is 16.5 Å². The number of para-hydroxylation sites is 1. The Morgan fingerprint density at radius 1 is 1.31 bits per heavy atom. The van der Waals surface area contributed by atoms with Crippen LogP contribution in [0.3, 0.4) is 0 Å². The van der Waals surface area contributed by atoms with Crippen LogP contribution < -0.4 is 5.73 Å². The highest BCUT2D eigenvalue weighted by molar-refractivity contribution is 5.84. The second kappa shape index (κ2) is 4.87. The molecule has 0 spiro atoms. The molecule has 0 bridgehead atoms. The lowest BCUT2D eigenvalue weighted by atomic mass is 10.1. The Bertz CT molecular complexity index is 517. The van der Waals surface area contributed by atoms with E-state index >= 15 is 0 Å². The van der Waals surface area contributed by atoms with Crippen LogP contribution >= 0.6 is 0 Å². The monoisotopic (exact) mass is 212 g/mol. The van der Waals surface area contributed by atoms with Gasteiger partial charge in [0.05, 0.1) is 6.54 Å². The van der Waals surface area contributed by atoms with Crippen molar-refractivity contribution in [2.45, 2.75) is 19.4 Å². The SMILES string of the molecule is C#CCn1cc(CCCN)c2ccccc21. The summed E-state index contributed by atoms with van der Waals surface area (Å²) in [6.07, 6.45) is 9.56. The molecule has 0 saturated heterocycles. The fraction of sp³-hybridized carbons (Fsp3) is 0.286. The van der Waals surface area contributed by atoms with E-state index in [-0.39, 0.29) is 0 Å². The van der Waals surface area contributed by atoms with Crippen LogP contribution in [0, 0.1) is 12.3 Å². The van der Waals surface area contributed by atoms with Crippen molar-refractivity contribution >= 4 is 10.9 Å². The van der Waals surface area contributed by atoms with Crippen molar-refractivity contribution < 1.29 is 0 Å². The zero-order valence-corrected chi connectivity index (χ0v) is 9.32. The lowest BCUT2D eigenvalue weighted by Gasteiger charge is -1.97. The predicted molar refractivity (Wildman–Crippen MR) is 68.1 cm³/mol. The molecule has 0 unspecified atom stereocenters. The maximum absolute atomic E-state index is 5.55. The second-order valence-corrected chi connectivity index (χ2v) is 3.90. The van der Waals surface area contributed by atoms with Crippen molar-refractivity contribution in [2.75, 3.05) is 6.54 Å². The maximum atomic E-state index is 5.55. The van der Waals surface area contributed by atoms with E-state index in [1.807, 2.05) is 6.07 Å². The Labute approximate surface area is 96.1 Å². The van der Waals surface area contributed by atoms with Gasteiger partial charge in [-0.15, -0.1) is 6.42 Å². The van der Waals surface area contributed by atoms with E-state index < -0.39 is 0 Å². The summed E-state index contributed by atoms with van der Waals surface area (Å²) in [5.41, 5.74) is 8.11. The first-order valence-corrected chi connectivity index (χ1v) is 5.57. The highest BCUT2D eigenvalue weighted by Gasteiger charge is 2.06. The molecule has 2 nitrogen and oxygen atoms in total. The van der Waals surface area contributed by atoms with Gasteiger partial charge in [-0.1, -0.05) is 24.1 Å². The molecular weight excluding hydrogens is 196 g/mol. The normalized spacial score (nSPS) is 10.5. The van der Waals surface area contributed by atoms with Gasteiger partial charge in [-0.05, 0) is 31.0 Å². The smallest absolute Gasteiger partial charge is 0.0835 e. The highest BCUT2D eigenvalue weighted by Crippen LogP contribution is 2.22. The molecule has 0 fully saturated rings. The highest BCUT2D eigenvalue weighted by atomic mass is 14.9. The minimum Gasteiger partial charge on any atom is -0.336 e. The summed E-state index contributed by atoms with van der Waals surface area (Å²) in [6.45, 7) is 1.36. The Kier molecular flexibility index (Phi) is 3.28. The topological polar surface area (TPSA) is 30.9 Å². The minimum atomic E-state index is 0.628. The first kappa shape index (κ1) is 10.8. The van der Waals surface area contributed by atoms with Crippen LogP contribution in [0.4, 0.5) is 0 Å². The third kappa shape index (κ3) is 1.95. The largest absolute Gasteiger partial charge is 0.336 e. The Balaban J connectivity index is 2.45. The minimum absolute atomic E-state index is 0.628. The summed E-state index contributed by atoms with van der Waals surface area (Å²) in [5.74, 6) is 2.68. The molecule has 2 aromatic rings. The summed E-state index contributed by atoms with van der Waals surface area (Å²) >= 11 is 0. The predicted octanol–water partition coefficient (Wildman–Crippen LogP) is 2.17. The van der Waals surface area contributed by atoms with Crippen molar-refractivity contribution in [3.05, 3.63) is 36.0 Å². The fourth-order valence-electron chi connectivity index (χ4n) is 2.04. The van der Waals surface area contributed by atoms with Crippen LogP contribution in [-0.4, -0.2) is 11.1 Å². The summed E-state index contributed by atoms with van der Waals surface area (Å²) in [7, 11) is 0. The van der Waals surface area contributed by atoms with Gasteiger partial charge in [0.1, 0.15) is 0 Å². The van der Waals surface area contributed by atoms with Crippen molar-refractivity contribution in [3.8, 4) is 12.3 Å². The van der Waals surface area contributed by atoms with Crippen LogP contribution in [0.25, 0.3) is 10.9 Å². The lowest BCUT2D eigenvalue weighted by molar-refractivity contribution is 0.822. The molecule has 2 N–H and O–H groups in total. The Morgan fingerprint density at radius 3 is 2.88 bits per heavy atom. The number of nitrogens with two attached hydrogens (primary N) is 1. The number of fused-ring (bicyclic) bond motifs is 1. The van der Waals surface area contributed by atoms with E-state index in [0.29, 0.717) is 6.54 Å². The molecule has 1 aromatic heterocycles. The van der Waals surface area contributed by atoms with Gasteiger partial charge < -0.3 is 10.3 Å². The first-order chi connectivity index (χ1) is 7.86. The zero-order chi connectivity index (χ0) is 11.4. The number of aryl methyl sites for hydroxylation is 1. The summed E-state index contributed by atoms with van der Waals surface area (Å²) in [6, 6.07) is 8.36. The van der Waals surface area contributed by atoms with E-state index in [0.717, 1.165) is 19.4 Å². The standard InChI is InChI=1S/C14H16N2/c1-2-10-16-11-12(6-5-9-15)13-7-3-4-8-14(13)16/h1,3-4,7-8,11H,5-6,9-10,15H2. The van der Waals surface area contributed by atoms with Gasteiger partial charge in [0.25, 0.3) is 0 Å². The van der Waals surface area contributed by atoms with Crippen molar-refractivity contribution in [1.29, 1.82) is 0 Å². The zero-order valence-electron chi connectivity index (χ0n) is 9.32. The van der Waals surface area contributed by atoms with Gasteiger partial charge in [-0.3, -0.25) is 0 Å². The van der Waals surface area contributed by atoms with E-state index in [2.05, 4.69) is 34.9 Å². The van der Waals surface area contributed by atoms with Gasteiger partial charge in [-0.25, -0.2) is 0 Å². The van der Waals surface area contributed by atoms with Gasteiger partial charge in [0, 0.05) is 17.1 Å². The third-order valence-corrected chi connectivity index (χ3v) is 2.78. The van der Waals surface area contributed by atoms with Crippen molar-refractivity contribution in [2.24, 2.45) is 5.73 Å². The van der Waals surface area contributed by atoms with E-state index in [4.69, 9.17) is 12.2 Å². The second-order valence-electron chi connectivity index (χ2n) is 3.90. The molecule has 0 aliphatic carbocycles. The quantitative estimate of drug-likeness (QED) is 0.774. The molecule has 0 amide bonds.